The van der Waals surface area contributed by atoms with Crippen molar-refractivity contribution in [3.63, 3.8) is 0 Å². The summed E-state index contributed by atoms with van der Waals surface area (Å²) >= 11 is 0. The minimum Gasteiger partial charge on any atom is -0.396 e. The lowest BCUT2D eigenvalue weighted by atomic mass is 9.94. The third-order valence-corrected chi connectivity index (χ3v) is 4.08. The van der Waals surface area contributed by atoms with E-state index in [0.717, 1.165) is 42.9 Å². The molecule has 1 amide bonds. The first-order valence-corrected chi connectivity index (χ1v) is 6.87. The molecule has 0 aliphatic carbocycles. The van der Waals surface area contributed by atoms with Gasteiger partial charge in [0.2, 0.25) is 5.91 Å². The van der Waals surface area contributed by atoms with Gasteiger partial charge in [0.25, 0.3) is 0 Å². The van der Waals surface area contributed by atoms with Gasteiger partial charge in [-0.25, -0.2) is 0 Å². The summed E-state index contributed by atoms with van der Waals surface area (Å²) in [4.78, 5) is 14.4. The van der Waals surface area contributed by atoms with Gasteiger partial charge in [-0.3, -0.25) is 4.79 Å². The fourth-order valence-electron chi connectivity index (χ4n) is 2.84. The van der Waals surface area contributed by atoms with Crippen LogP contribution in [-0.4, -0.2) is 40.8 Å². The van der Waals surface area contributed by atoms with Gasteiger partial charge in [0.1, 0.15) is 5.76 Å². The van der Waals surface area contributed by atoms with E-state index < -0.39 is 0 Å². The Morgan fingerprint density at radius 2 is 2.11 bits per heavy atom. The monoisotopic (exact) mass is 266 g/mol. The van der Waals surface area contributed by atoms with Crippen LogP contribution in [-0.2, 0) is 4.79 Å². The Morgan fingerprint density at radius 1 is 1.47 bits per heavy atom. The van der Waals surface area contributed by atoms with Gasteiger partial charge in [-0.1, -0.05) is 5.16 Å². The maximum Gasteiger partial charge on any atom is 0.230 e. The zero-order valence-corrected chi connectivity index (χ0v) is 11.8. The minimum atomic E-state index is -0.211. The van der Waals surface area contributed by atoms with Crippen LogP contribution in [0.5, 0.6) is 0 Å². The van der Waals surface area contributed by atoms with E-state index in [4.69, 9.17) is 9.63 Å². The molecule has 1 unspecified atom stereocenters. The number of aliphatic hydroxyl groups is 1. The number of carbonyl (C=O) groups excluding carboxylic acids is 1. The Hall–Kier alpha value is -1.36. The van der Waals surface area contributed by atoms with Crippen molar-refractivity contribution in [3.05, 3.63) is 17.0 Å². The summed E-state index contributed by atoms with van der Waals surface area (Å²) in [6.07, 6.45) is 1.77. The van der Waals surface area contributed by atoms with Crippen molar-refractivity contribution in [1.29, 1.82) is 0 Å². The number of likely N-dealkylation sites (tertiary alicyclic amines) is 1. The van der Waals surface area contributed by atoms with Gasteiger partial charge in [0.05, 0.1) is 11.6 Å². The molecule has 1 aliphatic rings. The molecule has 2 rings (SSSR count). The molecule has 0 spiro atoms. The first-order valence-electron chi connectivity index (χ1n) is 6.87. The third-order valence-electron chi connectivity index (χ3n) is 4.08. The molecule has 5 heteroatoms. The fraction of sp³-hybridized carbons (Fsp3) is 0.714. The van der Waals surface area contributed by atoms with Crippen LogP contribution in [0, 0.1) is 19.8 Å². The highest BCUT2D eigenvalue weighted by Crippen LogP contribution is 2.27. The summed E-state index contributed by atoms with van der Waals surface area (Å²) in [5.74, 6) is 0.990. The number of piperidine rings is 1. The summed E-state index contributed by atoms with van der Waals surface area (Å²) in [6, 6.07) is 0. The molecule has 2 heterocycles. The first kappa shape index (κ1) is 14.1. The zero-order chi connectivity index (χ0) is 14.0. The normalized spacial score (nSPS) is 18.6. The number of hydrogen-bond acceptors (Lipinski definition) is 4. The number of rotatable bonds is 3. The van der Waals surface area contributed by atoms with Crippen LogP contribution in [0.25, 0.3) is 0 Å². The highest BCUT2D eigenvalue weighted by molar-refractivity contribution is 5.83. The smallest absolute Gasteiger partial charge is 0.230 e. The Kier molecular flexibility index (Phi) is 4.24. The van der Waals surface area contributed by atoms with Crippen molar-refractivity contribution in [2.24, 2.45) is 5.92 Å². The molecule has 1 fully saturated rings. The molecule has 0 bridgehead atoms. The van der Waals surface area contributed by atoms with E-state index in [1.807, 2.05) is 25.7 Å². The van der Waals surface area contributed by atoms with E-state index in [9.17, 15) is 4.79 Å². The van der Waals surface area contributed by atoms with E-state index in [0.29, 0.717) is 5.92 Å². The molecule has 0 saturated carbocycles. The summed E-state index contributed by atoms with van der Waals surface area (Å²) in [5, 5.41) is 13.0. The first-order chi connectivity index (χ1) is 9.04. The van der Waals surface area contributed by atoms with Crippen molar-refractivity contribution in [2.45, 2.75) is 39.5 Å². The molecular weight excluding hydrogens is 244 g/mol. The van der Waals surface area contributed by atoms with Gasteiger partial charge in [-0.2, -0.15) is 0 Å². The Morgan fingerprint density at radius 3 is 2.58 bits per heavy atom. The summed E-state index contributed by atoms with van der Waals surface area (Å²) in [5.41, 5.74) is 1.71. The molecule has 106 valence electrons. The van der Waals surface area contributed by atoms with Gasteiger partial charge in [0, 0.05) is 25.3 Å². The molecule has 1 atom stereocenters. The average Bonchev–Trinajstić information content (AvgIpc) is 2.77. The molecular formula is C14H22N2O3. The highest BCUT2D eigenvalue weighted by atomic mass is 16.5. The van der Waals surface area contributed by atoms with Crippen molar-refractivity contribution in [2.75, 3.05) is 19.7 Å². The maximum atomic E-state index is 12.5. The van der Waals surface area contributed by atoms with Crippen LogP contribution in [0.15, 0.2) is 4.52 Å². The summed E-state index contributed by atoms with van der Waals surface area (Å²) in [7, 11) is 0. The van der Waals surface area contributed by atoms with E-state index in [-0.39, 0.29) is 18.4 Å². The van der Waals surface area contributed by atoms with Crippen LogP contribution in [0.1, 0.15) is 42.7 Å². The van der Waals surface area contributed by atoms with Crippen LogP contribution in [0.4, 0.5) is 0 Å². The van der Waals surface area contributed by atoms with Crippen molar-refractivity contribution >= 4 is 5.91 Å². The molecule has 1 aromatic rings. The molecule has 1 aromatic heterocycles. The minimum absolute atomic E-state index is 0.130. The highest BCUT2D eigenvalue weighted by Gasteiger charge is 2.29. The van der Waals surface area contributed by atoms with Gasteiger partial charge in [-0.05, 0) is 39.5 Å². The lowest BCUT2D eigenvalue weighted by molar-refractivity contribution is -0.134. The number of aliphatic hydroxyl groups excluding tert-OH is 1. The van der Waals surface area contributed by atoms with Crippen LogP contribution in [0.3, 0.4) is 0 Å². The van der Waals surface area contributed by atoms with Gasteiger partial charge >= 0.3 is 0 Å². The topological polar surface area (TPSA) is 66.6 Å². The number of amides is 1. The molecule has 5 nitrogen and oxygen atoms in total. The summed E-state index contributed by atoms with van der Waals surface area (Å²) in [6.45, 7) is 7.31. The third kappa shape index (κ3) is 2.81. The number of aromatic nitrogens is 1. The van der Waals surface area contributed by atoms with Gasteiger partial charge in [-0.15, -0.1) is 0 Å². The second-order valence-electron chi connectivity index (χ2n) is 5.41. The Labute approximate surface area is 113 Å². The lowest BCUT2D eigenvalue weighted by Gasteiger charge is -2.32. The number of carbonyl (C=O) groups is 1. The standard InChI is InChI=1S/C14H22N2O3/c1-9(13-10(2)15-19-11(13)3)14(18)16-6-4-12(8-17)5-7-16/h9,12,17H,4-8H2,1-3H3. The molecule has 19 heavy (non-hydrogen) atoms. The number of nitrogens with zero attached hydrogens (tertiary/aromatic N) is 2. The second kappa shape index (κ2) is 5.74. The SMILES string of the molecule is Cc1noc(C)c1C(C)C(=O)N1CCC(CO)CC1. The molecule has 1 N–H and O–H groups in total. The average molecular weight is 266 g/mol. The van der Waals surface area contributed by atoms with E-state index in [1.54, 1.807) is 0 Å². The van der Waals surface area contributed by atoms with Crippen molar-refractivity contribution in [1.82, 2.24) is 10.1 Å². The number of aryl methyl sites for hydroxylation is 2. The van der Waals surface area contributed by atoms with Gasteiger partial charge < -0.3 is 14.5 Å². The van der Waals surface area contributed by atoms with Gasteiger partial charge in [0.15, 0.2) is 0 Å². The van der Waals surface area contributed by atoms with Crippen molar-refractivity contribution < 1.29 is 14.4 Å². The molecule has 0 aromatic carbocycles. The van der Waals surface area contributed by atoms with Crippen molar-refractivity contribution in [3.8, 4) is 0 Å². The zero-order valence-electron chi connectivity index (χ0n) is 11.8. The largest absolute Gasteiger partial charge is 0.396 e. The van der Waals surface area contributed by atoms with Crippen LogP contribution in [0.2, 0.25) is 0 Å². The molecule has 0 radical (unpaired) electrons. The number of hydrogen-bond donors (Lipinski definition) is 1. The Bertz CT molecular complexity index is 428. The quantitative estimate of drug-likeness (QED) is 0.903. The van der Waals surface area contributed by atoms with E-state index in [1.165, 1.54) is 0 Å². The second-order valence-corrected chi connectivity index (χ2v) is 5.41. The predicted octanol–water partition coefficient (Wildman–Crippen LogP) is 1.63. The molecule has 1 saturated heterocycles. The van der Waals surface area contributed by atoms with Crippen LogP contribution >= 0.6 is 0 Å². The van der Waals surface area contributed by atoms with Crippen LogP contribution < -0.4 is 0 Å². The van der Waals surface area contributed by atoms with E-state index in [2.05, 4.69) is 5.16 Å². The Balaban J connectivity index is 2.04. The lowest BCUT2D eigenvalue weighted by Crippen LogP contribution is -2.41. The predicted molar refractivity (Wildman–Crippen MR) is 70.8 cm³/mol. The molecule has 1 aliphatic heterocycles. The fourth-order valence-corrected chi connectivity index (χ4v) is 2.84. The maximum absolute atomic E-state index is 12.5. The van der Waals surface area contributed by atoms with E-state index >= 15 is 0 Å². The summed E-state index contributed by atoms with van der Waals surface area (Å²) < 4.78 is 5.13.